The van der Waals surface area contributed by atoms with Crippen LogP contribution in [0.25, 0.3) is 0 Å². The minimum atomic E-state index is -3.45. The van der Waals surface area contributed by atoms with Crippen molar-refractivity contribution < 1.29 is 8.42 Å². The van der Waals surface area contributed by atoms with Crippen LogP contribution < -0.4 is 10.5 Å². The number of benzene rings is 1. The number of nitrogens with one attached hydrogen (secondary N) is 1. The molecule has 1 fully saturated rings. The smallest absolute Gasteiger partial charge is 0.240 e. The molecule has 0 bridgehead atoms. The number of hydrogen-bond donors (Lipinski definition) is 2. The molecule has 1 aliphatic rings. The molecule has 1 aromatic carbocycles. The van der Waals surface area contributed by atoms with E-state index in [9.17, 15) is 8.42 Å². The van der Waals surface area contributed by atoms with Crippen LogP contribution in [-0.2, 0) is 10.0 Å². The second kappa shape index (κ2) is 5.19. The van der Waals surface area contributed by atoms with Gasteiger partial charge in [0.05, 0.1) is 4.90 Å². The van der Waals surface area contributed by atoms with Gasteiger partial charge in [0, 0.05) is 12.1 Å². The van der Waals surface area contributed by atoms with Gasteiger partial charge in [-0.25, -0.2) is 13.1 Å². The summed E-state index contributed by atoms with van der Waals surface area (Å²) >= 11 is 4.83. The van der Waals surface area contributed by atoms with Gasteiger partial charge in [-0.3, -0.25) is 0 Å². The summed E-state index contributed by atoms with van der Waals surface area (Å²) in [5, 5.41) is 0. The molecule has 1 saturated carbocycles. The lowest BCUT2D eigenvalue weighted by Gasteiger charge is -2.38. The van der Waals surface area contributed by atoms with Crippen molar-refractivity contribution in [2.24, 2.45) is 11.1 Å². The number of rotatable bonds is 5. The zero-order valence-electron chi connectivity index (χ0n) is 10.8. The van der Waals surface area contributed by atoms with Crippen LogP contribution in [0.4, 0.5) is 0 Å². The lowest BCUT2D eigenvalue weighted by atomic mass is 9.71. The average molecular weight is 298 g/mol. The molecular formula is C13H18N2O2S2. The standard InChI is InChI=1S/C13H18N2O2S2/c1-13(7-2-8-13)9-15-19(16,17)11-5-3-10(4-6-11)12(14)18/h3-6,15H,2,7-9H2,1H3,(H2,14,18). The van der Waals surface area contributed by atoms with E-state index in [1.807, 2.05) is 0 Å². The van der Waals surface area contributed by atoms with Gasteiger partial charge < -0.3 is 5.73 Å². The van der Waals surface area contributed by atoms with Crippen LogP contribution in [0.5, 0.6) is 0 Å². The van der Waals surface area contributed by atoms with E-state index >= 15 is 0 Å². The Morgan fingerprint density at radius 1 is 1.37 bits per heavy atom. The predicted octanol–water partition coefficient (Wildman–Crippen LogP) is 1.79. The Kier molecular flexibility index (Phi) is 3.94. The molecule has 0 unspecified atom stereocenters. The van der Waals surface area contributed by atoms with Crippen molar-refractivity contribution in [3.05, 3.63) is 29.8 Å². The van der Waals surface area contributed by atoms with E-state index in [-0.39, 0.29) is 15.3 Å². The van der Waals surface area contributed by atoms with E-state index < -0.39 is 10.0 Å². The predicted molar refractivity (Wildman–Crippen MR) is 79.5 cm³/mol. The van der Waals surface area contributed by atoms with Crippen LogP contribution in [-0.4, -0.2) is 20.0 Å². The Morgan fingerprint density at radius 3 is 2.37 bits per heavy atom. The van der Waals surface area contributed by atoms with E-state index in [0.29, 0.717) is 12.1 Å². The van der Waals surface area contributed by atoms with Gasteiger partial charge in [-0.2, -0.15) is 0 Å². The topological polar surface area (TPSA) is 72.2 Å². The van der Waals surface area contributed by atoms with Gasteiger partial charge in [0.25, 0.3) is 0 Å². The summed E-state index contributed by atoms with van der Waals surface area (Å²) < 4.78 is 26.9. The fourth-order valence-electron chi connectivity index (χ4n) is 2.11. The van der Waals surface area contributed by atoms with E-state index in [4.69, 9.17) is 18.0 Å². The van der Waals surface area contributed by atoms with E-state index in [0.717, 1.165) is 12.8 Å². The highest BCUT2D eigenvalue weighted by atomic mass is 32.2. The van der Waals surface area contributed by atoms with Crippen LogP contribution in [0.2, 0.25) is 0 Å². The molecule has 0 heterocycles. The monoisotopic (exact) mass is 298 g/mol. The lowest BCUT2D eigenvalue weighted by Crippen LogP contribution is -2.39. The highest BCUT2D eigenvalue weighted by Crippen LogP contribution is 2.39. The zero-order chi connectivity index (χ0) is 14.1. The molecular weight excluding hydrogens is 280 g/mol. The summed E-state index contributed by atoms with van der Waals surface area (Å²) in [6, 6.07) is 6.31. The first-order valence-electron chi connectivity index (χ1n) is 6.22. The second-order valence-electron chi connectivity index (χ2n) is 5.38. The van der Waals surface area contributed by atoms with Crippen molar-refractivity contribution in [3.8, 4) is 0 Å². The van der Waals surface area contributed by atoms with Gasteiger partial charge in [0.1, 0.15) is 4.99 Å². The number of nitrogens with two attached hydrogens (primary N) is 1. The minimum absolute atomic E-state index is 0.117. The Balaban J connectivity index is 2.08. The number of hydrogen-bond acceptors (Lipinski definition) is 3. The molecule has 0 aromatic heterocycles. The highest BCUT2D eigenvalue weighted by Gasteiger charge is 2.32. The molecule has 0 radical (unpaired) electrons. The molecule has 0 atom stereocenters. The molecule has 6 heteroatoms. The minimum Gasteiger partial charge on any atom is -0.389 e. The third kappa shape index (κ3) is 3.32. The Labute approximate surface area is 119 Å². The van der Waals surface area contributed by atoms with Crippen LogP contribution >= 0.6 is 12.2 Å². The SMILES string of the molecule is CC1(CNS(=O)(=O)c2ccc(C(N)=S)cc2)CCC1. The van der Waals surface area contributed by atoms with Crippen molar-refractivity contribution in [3.63, 3.8) is 0 Å². The molecule has 0 saturated heterocycles. The first kappa shape index (κ1) is 14.4. The maximum atomic E-state index is 12.1. The second-order valence-corrected chi connectivity index (χ2v) is 7.58. The summed E-state index contributed by atoms with van der Waals surface area (Å²) in [6.07, 6.45) is 3.34. The molecule has 2 rings (SSSR count). The first-order valence-corrected chi connectivity index (χ1v) is 8.11. The van der Waals surface area contributed by atoms with Gasteiger partial charge >= 0.3 is 0 Å². The zero-order valence-corrected chi connectivity index (χ0v) is 12.5. The molecule has 0 amide bonds. The number of thiocarbonyl (C=S) groups is 1. The molecule has 3 N–H and O–H groups in total. The van der Waals surface area contributed by atoms with Crippen molar-refractivity contribution in [1.29, 1.82) is 0 Å². The summed E-state index contributed by atoms with van der Waals surface area (Å²) in [4.78, 5) is 0.509. The summed E-state index contributed by atoms with van der Waals surface area (Å²) in [5.41, 5.74) is 6.26. The van der Waals surface area contributed by atoms with Gasteiger partial charge in [-0.05, 0) is 30.4 Å². The molecule has 0 spiro atoms. The quantitative estimate of drug-likeness (QED) is 0.813. The van der Waals surface area contributed by atoms with Gasteiger partial charge in [0.15, 0.2) is 0 Å². The normalized spacial score (nSPS) is 17.7. The first-order chi connectivity index (χ1) is 8.82. The van der Waals surface area contributed by atoms with E-state index in [1.54, 1.807) is 12.1 Å². The van der Waals surface area contributed by atoms with Crippen molar-refractivity contribution in [2.45, 2.75) is 31.1 Å². The van der Waals surface area contributed by atoms with Gasteiger partial charge in [-0.15, -0.1) is 0 Å². The van der Waals surface area contributed by atoms with Crippen molar-refractivity contribution in [1.82, 2.24) is 4.72 Å². The van der Waals surface area contributed by atoms with Crippen LogP contribution in [0, 0.1) is 5.41 Å². The summed E-state index contributed by atoms with van der Waals surface area (Å²) in [7, 11) is -3.45. The van der Waals surface area contributed by atoms with Gasteiger partial charge in [0.2, 0.25) is 10.0 Å². The third-order valence-electron chi connectivity index (χ3n) is 3.70. The maximum absolute atomic E-state index is 12.1. The molecule has 19 heavy (non-hydrogen) atoms. The van der Waals surface area contributed by atoms with Crippen LogP contribution in [0.1, 0.15) is 31.7 Å². The fraction of sp³-hybridized carbons (Fsp3) is 0.462. The lowest BCUT2D eigenvalue weighted by molar-refractivity contribution is 0.166. The van der Waals surface area contributed by atoms with Crippen molar-refractivity contribution >= 4 is 27.2 Å². The Hall–Kier alpha value is -0.980. The summed E-state index contributed by atoms with van der Waals surface area (Å²) in [5.74, 6) is 0. The average Bonchev–Trinajstić information content (AvgIpc) is 2.34. The Morgan fingerprint density at radius 2 is 1.95 bits per heavy atom. The number of sulfonamides is 1. The summed E-state index contributed by atoms with van der Waals surface area (Å²) in [6.45, 7) is 2.60. The largest absolute Gasteiger partial charge is 0.389 e. The highest BCUT2D eigenvalue weighted by molar-refractivity contribution is 7.89. The van der Waals surface area contributed by atoms with Gasteiger partial charge in [-0.1, -0.05) is 37.7 Å². The molecule has 1 aromatic rings. The Bertz CT molecular complexity index is 575. The van der Waals surface area contributed by atoms with Crippen LogP contribution in [0.3, 0.4) is 0 Å². The molecule has 4 nitrogen and oxygen atoms in total. The van der Waals surface area contributed by atoms with Crippen molar-refractivity contribution in [2.75, 3.05) is 6.54 Å². The maximum Gasteiger partial charge on any atom is 0.240 e. The fourth-order valence-corrected chi connectivity index (χ4v) is 3.44. The third-order valence-corrected chi connectivity index (χ3v) is 5.35. The molecule has 1 aliphatic carbocycles. The van der Waals surface area contributed by atoms with Crippen LogP contribution in [0.15, 0.2) is 29.2 Å². The molecule has 104 valence electrons. The molecule has 0 aliphatic heterocycles. The van der Waals surface area contributed by atoms with E-state index in [1.165, 1.54) is 18.6 Å². The van der Waals surface area contributed by atoms with E-state index in [2.05, 4.69) is 11.6 Å².